The van der Waals surface area contributed by atoms with Crippen LogP contribution in [-0.4, -0.2) is 29.7 Å². The van der Waals surface area contributed by atoms with Crippen molar-refractivity contribution in [2.45, 2.75) is 19.6 Å². The molecule has 4 N–H and O–H groups in total. The first-order chi connectivity index (χ1) is 7.79. The monoisotopic (exact) mass is 263 g/mol. The van der Waals surface area contributed by atoms with Crippen molar-refractivity contribution >= 4 is 10.4 Å². The lowest BCUT2D eigenvalue weighted by Crippen LogP contribution is -2.14. The molecule has 17 heavy (non-hydrogen) atoms. The van der Waals surface area contributed by atoms with E-state index in [1.54, 1.807) is 0 Å². The van der Waals surface area contributed by atoms with Gasteiger partial charge >= 0.3 is 10.4 Å². The zero-order valence-corrected chi connectivity index (χ0v) is 10.5. The third-order valence-corrected chi connectivity index (χ3v) is 2.12. The molecule has 0 heterocycles. The highest BCUT2D eigenvalue weighted by atomic mass is 32.3. The first-order valence-corrected chi connectivity index (χ1v) is 6.25. The summed E-state index contributed by atoms with van der Waals surface area (Å²) in [6, 6.07) is 8.21. The maximum Gasteiger partial charge on any atom is 0.394 e. The van der Waals surface area contributed by atoms with Crippen molar-refractivity contribution in [3.63, 3.8) is 0 Å². The predicted molar refractivity (Wildman–Crippen MR) is 64.0 cm³/mol. The Morgan fingerprint density at radius 2 is 1.76 bits per heavy atom. The summed E-state index contributed by atoms with van der Waals surface area (Å²) in [6.07, 6.45) is 0. The molecule has 0 aliphatic carbocycles. The maximum atomic E-state index is 9.04. The third-order valence-electron chi connectivity index (χ3n) is 2.12. The fourth-order valence-corrected chi connectivity index (χ4v) is 1.26. The topological polar surface area (TPSA) is 107 Å². The average molecular weight is 263 g/mol. The van der Waals surface area contributed by atoms with E-state index in [1.807, 2.05) is 31.3 Å². The Hall–Kier alpha value is -0.990. The second-order valence-corrected chi connectivity index (χ2v) is 4.21. The Labute approximate surface area is 101 Å². The summed E-state index contributed by atoms with van der Waals surface area (Å²) in [7, 11) is -2.75. The van der Waals surface area contributed by atoms with Gasteiger partial charge in [0.1, 0.15) is 0 Å². The predicted octanol–water partition coefficient (Wildman–Crippen LogP) is 0.806. The molecule has 1 aromatic rings. The number of nitrogens with one attached hydrogen (secondary N) is 1. The smallest absolute Gasteiger partial charge is 0.392 e. The standard InChI is InChI=1S/C10H15NO.H2O4S/c1-8(11-2)10-6-4-3-5-9(10)7-12;1-5(2,3)4/h3-6,8,11-12H,7H2,1-2H3;(H2,1,2,3,4). The summed E-state index contributed by atoms with van der Waals surface area (Å²) >= 11 is 0. The van der Waals surface area contributed by atoms with E-state index < -0.39 is 10.4 Å². The molecule has 0 aromatic heterocycles. The van der Waals surface area contributed by atoms with Gasteiger partial charge in [-0.15, -0.1) is 0 Å². The normalized spacial score (nSPS) is 12.5. The SMILES string of the molecule is CNC(C)c1ccccc1CO.O=S(=O)(O)O. The molecule has 1 unspecified atom stereocenters. The Kier molecular flexibility index (Phi) is 6.93. The van der Waals surface area contributed by atoms with Gasteiger partial charge in [0.2, 0.25) is 0 Å². The van der Waals surface area contributed by atoms with E-state index in [2.05, 4.69) is 12.2 Å². The highest BCUT2D eigenvalue weighted by Crippen LogP contribution is 2.16. The van der Waals surface area contributed by atoms with Crippen molar-refractivity contribution in [2.24, 2.45) is 0 Å². The molecule has 0 bridgehead atoms. The van der Waals surface area contributed by atoms with Crippen LogP contribution in [0.4, 0.5) is 0 Å². The van der Waals surface area contributed by atoms with Crippen LogP contribution in [-0.2, 0) is 17.0 Å². The minimum absolute atomic E-state index is 0.113. The molecule has 0 aliphatic rings. The van der Waals surface area contributed by atoms with Gasteiger partial charge in [0.15, 0.2) is 0 Å². The van der Waals surface area contributed by atoms with E-state index >= 15 is 0 Å². The van der Waals surface area contributed by atoms with Crippen molar-refractivity contribution in [1.29, 1.82) is 0 Å². The van der Waals surface area contributed by atoms with Crippen LogP contribution >= 0.6 is 0 Å². The van der Waals surface area contributed by atoms with Crippen LogP contribution in [0.25, 0.3) is 0 Å². The molecule has 98 valence electrons. The van der Waals surface area contributed by atoms with E-state index in [9.17, 15) is 0 Å². The number of aliphatic hydroxyl groups excluding tert-OH is 1. The van der Waals surface area contributed by atoms with E-state index in [-0.39, 0.29) is 6.61 Å². The number of aliphatic hydroxyl groups is 1. The van der Waals surface area contributed by atoms with Crippen molar-refractivity contribution < 1.29 is 22.6 Å². The molecule has 0 amide bonds. The van der Waals surface area contributed by atoms with Crippen molar-refractivity contribution in [3.8, 4) is 0 Å². The Bertz CT molecular complexity index is 424. The molecule has 0 aliphatic heterocycles. The summed E-state index contributed by atoms with van der Waals surface area (Å²) in [5.74, 6) is 0. The van der Waals surface area contributed by atoms with Gasteiger partial charge in [-0.05, 0) is 25.1 Å². The highest BCUT2D eigenvalue weighted by Gasteiger charge is 2.05. The number of rotatable bonds is 3. The van der Waals surface area contributed by atoms with Crippen LogP contribution < -0.4 is 5.32 Å². The molecule has 1 aromatic carbocycles. The zero-order chi connectivity index (χ0) is 13.5. The minimum Gasteiger partial charge on any atom is -0.392 e. The molecule has 0 saturated heterocycles. The van der Waals surface area contributed by atoms with Crippen LogP contribution in [0.3, 0.4) is 0 Å². The summed E-state index contributed by atoms with van der Waals surface area (Å²) < 4.78 is 31.6. The zero-order valence-electron chi connectivity index (χ0n) is 9.66. The summed E-state index contributed by atoms with van der Waals surface area (Å²) in [5.41, 5.74) is 2.17. The average Bonchev–Trinajstić information content (AvgIpc) is 2.25. The third kappa shape index (κ3) is 7.83. The van der Waals surface area contributed by atoms with Gasteiger partial charge in [-0.1, -0.05) is 24.3 Å². The van der Waals surface area contributed by atoms with E-state index in [1.165, 1.54) is 5.56 Å². The number of hydrogen-bond acceptors (Lipinski definition) is 4. The lowest BCUT2D eigenvalue weighted by atomic mass is 10.0. The summed E-state index contributed by atoms with van der Waals surface area (Å²) in [6.45, 7) is 2.19. The molecule has 1 rings (SSSR count). The highest BCUT2D eigenvalue weighted by molar-refractivity contribution is 7.79. The van der Waals surface area contributed by atoms with Gasteiger partial charge in [-0.3, -0.25) is 9.11 Å². The molecule has 0 radical (unpaired) electrons. The van der Waals surface area contributed by atoms with Gasteiger partial charge in [0.05, 0.1) is 6.61 Å². The molecule has 1 atom stereocenters. The van der Waals surface area contributed by atoms with Gasteiger partial charge in [-0.25, -0.2) is 0 Å². The summed E-state index contributed by atoms with van der Waals surface area (Å²) in [4.78, 5) is 0. The minimum atomic E-state index is -4.67. The molecule has 0 saturated carbocycles. The van der Waals surface area contributed by atoms with Crippen molar-refractivity contribution in [1.82, 2.24) is 5.32 Å². The van der Waals surface area contributed by atoms with Gasteiger partial charge in [-0.2, -0.15) is 8.42 Å². The van der Waals surface area contributed by atoms with E-state index in [0.29, 0.717) is 6.04 Å². The molecule has 6 nitrogen and oxygen atoms in total. The number of benzene rings is 1. The first kappa shape index (κ1) is 16.0. The maximum absolute atomic E-state index is 9.04. The van der Waals surface area contributed by atoms with Crippen LogP contribution in [0.5, 0.6) is 0 Å². The van der Waals surface area contributed by atoms with Gasteiger partial charge < -0.3 is 10.4 Å². The quantitative estimate of drug-likeness (QED) is 0.601. The van der Waals surface area contributed by atoms with Gasteiger partial charge in [0, 0.05) is 6.04 Å². The van der Waals surface area contributed by atoms with Crippen LogP contribution in [0.2, 0.25) is 0 Å². The van der Waals surface area contributed by atoms with E-state index in [0.717, 1.165) is 5.56 Å². The van der Waals surface area contributed by atoms with Crippen LogP contribution in [0.15, 0.2) is 24.3 Å². The second-order valence-electron chi connectivity index (χ2n) is 3.32. The Morgan fingerprint density at radius 3 is 2.18 bits per heavy atom. The molecular formula is C10H17NO5S. The van der Waals surface area contributed by atoms with Crippen LogP contribution in [0, 0.1) is 0 Å². The number of hydrogen-bond donors (Lipinski definition) is 4. The fraction of sp³-hybridized carbons (Fsp3) is 0.400. The Balaban J connectivity index is 0.000000437. The van der Waals surface area contributed by atoms with Crippen LogP contribution in [0.1, 0.15) is 24.1 Å². The second kappa shape index (κ2) is 7.36. The lowest BCUT2D eigenvalue weighted by Gasteiger charge is -2.13. The van der Waals surface area contributed by atoms with Crippen molar-refractivity contribution in [3.05, 3.63) is 35.4 Å². The molecule has 0 fully saturated rings. The molecule has 0 spiro atoms. The molecular weight excluding hydrogens is 246 g/mol. The first-order valence-electron chi connectivity index (χ1n) is 4.85. The fourth-order valence-electron chi connectivity index (χ4n) is 1.26. The summed E-state index contributed by atoms with van der Waals surface area (Å²) in [5, 5.41) is 12.2. The molecule has 7 heteroatoms. The van der Waals surface area contributed by atoms with Crippen molar-refractivity contribution in [2.75, 3.05) is 7.05 Å². The lowest BCUT2D eigenvalue weighted by molar-refractivity contribution is 0.279. The van der Waals surface area contributed by atoms with Gasteiger partial charge in [0.25, 0.3) is 0 Å². The largest absolute Gasteiger partial charge is 0.394 e. The van der Waals surface area contributed by atoms with E-state index in [4.69, 9.17) is 22.6 Å². The Morgan fingerprint density at radius 1 is 1.29 bits per heavy atom.